The maximum absolute atomic E-state index is 11.5. The average molecular weight is 182 g/mol. The molecule has 0 N–H and O–H groups in total. The minimum absolute atomic E-state index is 0.120. The van der Waals surface area contributed by atoms with Gasteiger partial charge < -0.3 is 4.74 Å². The molecular formula is C10H14O3. The summed E-state index contributed by atoms with van der Waals surface area (Å²) < 4.78 is 4.67. The van der Waals surface area contributed by atoms with Gasteiger partial charge in [-0.1, -0.05) is 11.6 Å². The van der Waals surface area contributed by atoms with E-state index in [1.54, 1.807) is 0 Å². The van der Waals surface area contributed by atoms with E-state index in [2.05, 4.69) is 4.74 Å². The maximum atomic E-state index is 11.5. The number of carbonyl (C=O) groups is 2. The molecule has 0 aromatic rings. The summed E-state index contributed by atoms with van der Waals surface area (Å²) in [6.45, 7) is 3.25. The third-order valence-corrected chi connectivity index (χ3v) is 2.78. The van der Waals surface area contributed by atoms with Gasteiger partial charge in [-0.15, -0.1) is 0 Å². The average Bonchev–Trinajstić information content (AvgIpc) is 2.47. The van der Waals surface area contributed by atoms with Gasteiger partial charge in [-0.25, -0.2) is 0 Å². The number of hydrogen-bond acceptors (Lipinski definition) is 3. The molecule has 0 bridgehead atoms. The van der Waals surface area contributed by atoms with E-state index in [9.17, 15) is 9.59 Å². The minimum Gasteiger partial charge on any atom is -0.468 e. The van der Waals surface area contributed by atoms with Gasteiger partial charge in [0.05, 0.1) is 7.11 Å². The summed E-state index contributed by atoms with van der Waals surface area (Å²) in [7, 11) is 1.32. The van der Waals surface area contributed by atoms with Crippen LogP contribution in [0, 0.1) is 5.41 Å². The summed E-state index contributed by atoms with van der Waals surface area (Å²) >= 11 is 0. The number of hydrogen-bond donors (Lipinski definition) is 0. The lowest BCUT2D eigenvalue weighted by molar-refractivity contribution is -0.154. The van der Waals surface area contributed by atoms with Crippen LogP contribution in [0.4, 0.5) is 0 Å². The van der Waals surface area contributed by atoms with Gasteiger partial charge >= 0.3 is 5.97 Å². The molecule has 1 atom stereocenters. The third kappa shape index (κ3) is 1.28. The van der Waals surface area contributed by atoms with Crippen LogP contribution in [-0.2, 0) is 14.3 Å². The number of Topliss-reactive ketones (excluding diaryl/α,β-unsaturated/α-hetero) is 1. The fourth-order valence-corrected chi connectivity index (χ4v) is 1.91. The highest BCUT2D eigenvalue weighted by atomic mass is 16.5. The van der Waals surface area contributed by atoms with E-state index in [4.69, 9.17) is 0 Å². The molecule has 1 unspecified atom stereocenters. The molecule has 0 aromatic carbocycles. The number of rotatable bonds is 2. The molecule has 0 amide bonds. The topological polar surface area (TPSA) is 43.4 Å². The van der Waals surface area contributed by atoms with E-state index in [-0.39, 0.29) is 5.78 Å². The summed E-state index contributed by atoms with van der Waals surface area (Å²) in [5, 5.41) is 0. The lowest BCUT2D eigenvalue weighted by atomic mass is 9.78. The zero-order chi connectivity index (χ0) is 10.1. The molecule has 0 heterocycles. The summed E-state index contributed by atoms with van der Waals surface area (Å²) in [5.74, 6) is -0.545. The molecule has 0 aromatic heterocycles. The normalized spacial score (nSPS) is 26.8. The smallest absolute Gasteiger partial charge is 0.323 e. The van der Waals surface area contributed by atoms with E-state index in [1.807, 2.05) is 13.0 Å². The lowest BCUT2D eigenvalue weighted by Crippen LogP contribution is -2.38. The Morgan fingerprint density at radius 3 is 2.46 bits per heavy atom. The summed E-state index contributed by atoms with van der Waals surface area (Å²) in [5.41, 5.74) is -0.152. The van der Waals surface area contributed by atoms with Crippen molar-refractivity contribution in [1.82, 2.24) is 0 Å². The van der Waals surface area contributed by atoms with Gasteiger partial charge in [0.1, 0.15) is 5.41 Å². The number of methoxy groups -OCH3 is 1. The van der Waals surface area contributed by atoms with Crippen LogP contribution in [0.1, 0.15) is 26.7 Å². The molecule has 1 aliphatic carbocycles. The Hall–Kier alpha value is -1.12. The highest BCUT2D eigenvalue weighted by Crippen LogP contribution is 2.40. The molecule has 1 rings (SSSR count). The molecule has 0 radical (unpaired) electrons. The monoisotopic (exact) mass is 182 g/mol. The largest absolute Gasteiger partial charge is 0.468 e. The predicted octanol–water partition coefficient (Wildman–Crippen LogP) is 1.47. The highest BCUT2D eigenvalue weighted by molar-refractivity contribution is 6.06. The fraction of sp³-hybridized carbons (Fsp3) is 0.600. The molecule has 0 saturated carbocycles. The number of esters is 1. The third-order valence-electron chi connectivity index (χ3n) is 2.78. The molecule has 3 heteroatoms. The van der Waals surface area contributed by atoms with Gasteiger partial charge in [0, 0.05) is 0 Å². The molecule has 3 nitrogen and oxygen atoms in total. The Labute approximate surface area is 77.8 Å². The van der Waals surface area contributed by atoms with E-state index < -0.39 is 11.4 Å². The van der Waals surface area contributed by atoms with Crippen LogP contribution in [0.3, 0.4) is 0 Å². The van der Waals surface area contributed by atoms with Crippen molar-refractivity contribution < 1.29 is 14.3 Å². The van der Waals surface area contributed by atoms with Crippen molar-refractivity contribution in [2.45, 2.75) is 26.7 Å². The van der Waals surface area contributed by atoms with Crippen LogP contribution in [0.2, 0.25) is 0 Å². The van der Waals surface area contributed by atoms with Crippen LogP contribution < -0.4 is 0 Å². The van der Waals surface area contributed by atoms with Gasteiger partial charge in [-0.3, -0.25) is 9.59 Å². The Morgan fingerprint density at radius 2 is 2.15 bits per heavy atom. The first-order chi connectivity index (χ1) is 6.05. The van der Waals surface area contributed by atoms with Crippen LogP contribution in [0.15, 0.2) is 11.6 Å². The van der Waals surface area contributed by atoms with Gasteiger partial charge in [-0.2, -0.15) is 0 Å². The Morgan fingerprint density at radius 1 is 1.54 bits per heavy atom. The molecule has 0 aliphatic heterocycles. The fourth-order valence-electron chi connectivity index (χ4n) is 1.91. The molecule has 0 spiro atoms. The van der Waals surface area contributed by atoms with Gasteiger partial charge in [-0.05, 0) is 26.7 Å². The minimum atomic E-state index is -0.977. The van der Waals surface area contributed by atoms with Crippen molar-refractivity contribution in [3.63, 3.8) is 0 Å². The number of allylic oxidation sites excluding steroid dienone is 1. The number of carbonyl (C=O) groups excluding carboxylic acids is 2. The van der Waals surface area contributed by atoms with Crippen LogP contribution in [0.5, 0.6) is 0 Å². The zero-order valence-corrected chi connectivity index (χ0v) is 8.22. The predicted molar refractivity (Wildman–Crippen MR) is 48.1 cm³/mol. The van der Waals surface area contributed by atoms with Crippen molar-refractivity contribution in [2.24, 2.45) is 5.41 Å². The van der Waals surface area contributed by atoms with E-state index in [0.717, 1.165) is 12.0 Å². The molecule has 1 aliphatic rings. The van der Waals surface area contributed by atoms with Crippen LogP contribution in [-0.4, -0.2) is 18.9 Å². The summed E-state index contributed by atoms with van der Waals surface area (Å²) in [4.78, 5) is 22.9. The summed E-state index contributed by atoms with van der Waals surface area (Å²) in [6.07, 6.45) is 3.26. The molecule has 0 saturated heterocycles. The summed E-state index contributed by atoms with van der Waals surface area (Å²) in [6, 6.07) is 0. The second-order valence-electron chi connectivity index (χ2n) is 3.38. The van der Waals surface area contributed by atoms with Crippen LogP contribution in [0.25, 0.3) is 0 Å². The standard InChI is InChI=1S/C10H14O3/c1-7-5-4-6-10(7,8(2)11)9(12)13-3/h5H,4,6H2,1-3H3. The Bertz CT molecular complexity index is 278. The van der Waals surface area contributed by atoms with Crippen molar-refractivity contribution in [3.05, 3.63) is 11.6 Å². The van der Waals surface area contributed by atoms with Crippen molar-refractivity contribution in [3.8, 4) is 0 Å². The molecule has 72 valence electrons. The number of ketones is 1. The maximum Gasteiger partial charge on any atom is 0.323 e. The van der Waals surface area contributed by atoms with E-state index in [0.29, 0.717) is 6.42 Å². The molecule has 0 fully saturated rings. The zero-order valence-electron chi connectivity index (χ0n) is 8.22. The van der Waals surface area contributed by atoms with Crippen molar-refractivity contribution >= 4 is 11.8 Å². The van der Waals surface area contributed by atoms with Crippen molar-refractivity contribution in [2.75, 3.05) is 7.11 Å². The Kier molecular flexibility index (Phi) is 2.55. The first-order valence-corrected chi connectivity index (χ1v) is 4.32. The van der Waals surface area contributed by atoms with E-state index in [1.165, 1.54) is 14.0 Å². The second-order valence-corrected chi connectivity index (χ2v) is 3.38. The molecular weight excluding hydrogens is 168 g/mol. The lowest BCUT2D eigenvalue weighted by Gasteiger charge is -2.24. The first-order valence-electron chi connectivity index (χ1n) is 4.32. The van der Waals surface area contributed by atoms with Gasteiger partial charge in [0.15, 0.2) is 5.78 Å². The SMILES string of the molecule is COC(=O)C1(C(C)=O)CCC=C1C. The van der Waals surface area contributed by atoms with E-state index >= 15 is 0 Å². The van der Waals surface area contributed by atoms with Crippen molar-refractivity contribution in [1.29, 1.82) is 0 Å². The number of ether oxygens (including phenoxy) is 1. The Balaban J connectivity index is 3.10. The van der Waals surface area contributed by atoms with Gasteiger partial charge in [0.25, 0.3) is 0 Å². The highest BCUT2D eigenvalue weighted by Gasteiger charge is 2.47. The second kappa shape index (κ2) is 3.32. The first kappa shape index (κ1) is 9.96. The molecule has 13 heavy (non-hydrogen) atoms. The quantitative estimate of drug-likeness (QED) is 0.369. The van der Waals surface area contributed by atoms with Gasteiger partial charge in [0.2, 0.25) is 0 Å². The van der Waals surface area contributed by atoms with Crippen LogP contribution >= 0.6 is 0 Å².